The molecule has 0 aliphatic heterocycles. The van der Waals surface area contributed by atoms with Crippen molar-refractivity contribution in [2.75, 3.05) is 0 Å². The number of hydrogen-bond acceptors (Lipinski definition) is 2. The minimum Gasteiger partial charge on any atom is -0.478 e. The van der Waals surface area contributed by atoms with Gasteiger partial charge in [-0.25, -0.2) is 9.18 Å². The maximum Gasteiger partial charge on any atom is 0.338 e. The highest BCUT2D eigenvalue weighted by Gasteiger charge is 2.11. The Labute approximate surface area is 103 Å². The lowest BCUT2D eigenvalue weighted by Crippen LogP contribution is -2.00. The second-order valence-corrected chi connectivity index (χ2v) is 3.24. The van der Waals surface area contributed by atoms with Crippen LogP contribution < -0.4 is 0 Å². The van der Waals surface area contributed by atoms with Crippen LogP contribution in [0.5, 0.6) is 0 Å². The number of carboxylic acid groups (broad SMARTS) is 1. The Morgan fingerprint density at radius 2 is 1.76 bits per heavy atom. The van der Waals surface area contributed by atoms with Crippen LogP contribution in [0, 0.1) is 5.82 Å². The lowest BCUT2D eigenvalue weighted by molar-refractivity contribution is 0.0692. The number of pyridine rings is 1. The van der Waals surface area contributed by atoms with E-state index in [1.54, 1.807) is 24.5 Å². The first-order chi connectivity index (χ1) is 7.68. The van der Waals surface area contributed by atoms with Crippen LogP contribution in [-0.4, -0.2) is 16.1 Å². The summed E-state index contributed by atoms with van der Waals surface area (Å²) < 4.78 is 13.1. The van der Waals surface area contributed by atoms with Crippen molar-refractivity contribution in [3.8, 4) is 11.1 Å². The zero-order valence-electron chi connectivity index (χ0n) is 8.63. The second kappa shape index (κ2) is 5.41. The van der Waals surface area contributed by atoms with Gasteiger partial charge in [0.1, 0.15) is 5.82 Å². The Hall–Kier alpha value is -1.94. The van der Waals surface area contributed by atoms with Gasteiger partial charge in [0.25, 0.3) is 0 Å². The summed E-state index contributed by atoms with van der Waals surface area (Å²) in [5.74, 6) is -2.00. The summed E-state index contributed by atoms with van der Waals surface area (Å²) in [7, 11) is 0. The van der Waals surface area contributed by atoms with Crippen molar-refractivity contribution in [2.24, 2.45) is 0 Å². The molecule has 2 aromatic rings. The fourth-order valence-corrected chi connectivity index (χ4v) is 1.41. The van der Waals surface area contributed by atoms with E-state index < -0.39 is 11.8 Å². The van der Waals surface area contributed by atoms with Crippen molar-refractivity contribution in [2.45, 2.75) is 0 Å². The first-order valence-corrected chi connectivity index (χ1v) is 4.62. The van der Waals surface area contributed by atoms with Crippen molar-refractivity contribution in [3.05, 3.63) is 54.1 Å². The molecule has 3 nitrogen and oxygen atoms in total. The quantitative estimate of drug-likeness (QED) is 0.895. The maximum atomic E-state index is 13.1. The van der Waals surface area contributed by atoms with Crippen molar-refractivity contribution in [1.29, 1.82) is 0 Å². The Balaban J connectivity index is 0.00000144. The van der Waals surface area contributed by atoms with Gasteiger partial charge >= 0.3 is 5.97 Å². The molecule has 0 radical (unpaired) electrons. The fraction of sp³-hybridized carbons (Fsp3) is 0. The van der Waals surface area contributed by atoms with Crippen LogP contribution in [0.4, 0.5) is 4.39 Å². The summed E-state index contributed by atoms with van der Waals surface area (Å²) in [6, 6.07) is 7.47. The molecule has 0 bridgehead atoms. The summed E-state index contributed by atoms with van der Waals surface area (Å²) in [4.78, 5) is 14.6. The minimum atomic E-state index is -1.27. The first kappa shape index (κ1) is 13.1. The summed E-state index contributed by atoms with van der Waals surface area (Å²) in [5.41, 5.74) is 1.13. The molecule has 0 fully saturated rings. The number of aromatic nitrogens is 1. The van der Waals surface area contributed by atoms with Crippen LogP contribution in [0.1, 0.15) is 10.4 Å². The number of nitrogens with zero attached hydrogens (tertiary/aromatic N) is 1. The van der Waals surface area contributed by atoms with E-state index in [4.69, 9.17) is 5.11 Å². The third kappa shape index (κ3) is 2.79. The summed E-state index contributed by atoms with van der Waals surface area (Å²) in [5, 5.41) is 8.78. The molecule has 0 amide bonds. The van der Waals surface area contributed by atoms with E-state index in [0.29, 0.717) is 5.56 Å². The Morgan fingerprint density at radius 3 is 2.35 bits per heavy atom. The first-order valence-electron chi connectivity index (χ1n) is 4.62. The van der Waals surface area contributed by atoms with Gasteiger partial charge in [0.2, 0.25) is 0 Å². The molecular weight excluding hydrogens is 245 g/mol. The molecule has 1 heterocycles. The van der Waals surface area contributed by atoms with E-state index >= 15 is 0 Å². The number of halogens is 2. The molecule has 1 aromatic heterocycles. The molecule has 0 spiro atoms. The van der Waals surface area contributed by atoms with E-state index in [1.165, 1.54) is 12.1 Å². The third-order valence-electron chi connectivity index (χ3n) is 2.21. The highest BCUT2D eigenvalue weighted by molar-refractivity contribution is 5.89. The van der Waals surface area contributed by atoms with Crippen molar-refractivity contribution >= 4 is 18.4 Å². The number of benzene rings is 1. The van der Waals surface area contributed by atoms with E-state index in [9.17, 15) is 9.18 Å². The summed E-state index contributed by atoms with van der Waals surface area (Å²) in [6.45, 7) is 0. The smallest absolute Gasteiger partial charge is 0.338 e. The molecule has 5 heteroatoms. The monoisotopic (exact) mass is 253 g/mol. The average Bonchev–Trinajstić information content (AvgIpc) is 2.30. The lowest BCUT2D eigenvalue weighted by atomic mass is 10.0. The molecule has 0 aliphatic carbocycles. The number of aromatic carboxylic acids is 1. The van der Waals surface area contributed by atoms with Crippen LogP contribution in [-0.2, 0) is 0 Å². The summed E-state index contributed by atoms with van der Waals surface area (Å²) in [6.07, 6.45) is 3.19. The van der Waals surface area contributed by atoms with E-state index in [1.807, 2.05) is 0 Å². The molecule has 2 rings (SSSR count). The highest BCUT2D eigenvalue weighted by atomic mass is 35.5. The zero-order chi connectivity index (χ0) is 11.5. The third-order valence-corrected chi connectivity index (χ3v) is 2.21. The molecule has 0 atom stereocenters. The standard InChI is InChI=1S/C12H8FNO2.ClH/c13-11-2-1-9(7-10(11)12(15)16)8-3-5-14-6-4-8;/h1-7H,(H,15,16);1H. The van der Waals surface area contributed by atoms with Crippen molar-refractivity contribution in [3.63, 3.8) is 0 Å². The van der Waals surface area contributed by atoms with Gasteiger partial charge in [-0.1, -0.05) is 6.07 Å². The topological polar surface area (TPSA) is 50.2 Å². The van der Waals surface area contributed by atoms with Gasteiger partial charge in [-0.05, 0) is 35.4 Å². The summed E-state index contributed by atoms with van der Waals surface area (Å²) >= 11 is 0. The normalized spacial score (nSPS) is 9.47. The predicted molar refractivity (Wildman–Crippen MR) is 63.8 cm³/mol. The van der Waals surface area contributed by atoms with Crippen molar-refractivity contribution in [1.82, 2.24) is 4.98 Å². The average molecular weight is 254 g/mol. The SMILES string of the molecule is Cl.O=C(O)c1cc(-c2ccncc2)ccc1F. The predicted octanol–water partition coefficient (Wildman–Crippen LogP) is 3.01. The molecule has 0 unspecified atom stereocenters. The van der Waals surface area contributed by atoms with Gasteiger partial charge in [-0.2, -0.15) is 0 Å². The largest absolute Gasteiger partial charge is 0.478 e. The number of carboxylic acids is 1. The van der Waals surface area contributed by atoms with E-state index in [-0.39, 0.29) is 18.0 Å². The maximum absolute atomic E-state index is 13.1. The lowest BCUT2D eigenvalue weighted by Gasteiger charge is -2.03. The molecule has 1 aromatic carbocycles. The number of carbonyl (C=O) groups is 1. The second-order valence-electron chi connectivity index (χ2n) is 3.24. The Bertz CT molecular complexity index is 531. The molecule has 0 aliphatic rings. The zero-order valence-corrected chi connectivity index (χ0v) is 9.45. The Kier molecular flexibility index (Phi) is 4.17. The van der Waals surface area contributed by atoms with Gasteiger partial charge in [0.15, 0.2) is 0 Å². The fourth-order valence-electron chi connectivity index (χ4n) is 1.41. The van der Waals surface area contributed by atoms with Crippen LogP contribution in [0.2, 0.25) is 0 Å². The Morgan fingerprint density at radius 1 is 1.12 bits per heavy atom. The molecular formula is C12H9ClFNO2. The van der Waals surface area contributed by atoms with Gasteiger partial charge in [-0.3, -0.25) is 4.98 Å². The molecule has 0 saturated carbocycles. The van der Waals surface area contributed by atoms with Gasteiger partial charge in [0, 0.05) is 12.4 Å². The minimum absolute atomic E-state index is 0. The molecule has 88 valence electrons. The van der Waals surface area contributed by atoms with Crippen LogP contribution in [0.3, 0.4) is 0 Å². The van der Waals surface area contributed by atoms with Crippen LogP contribution in [0.25, 0.3) is 11.1 Å². The van der Waals surface area contributed by atoms with E-state index in [2.05, 4.69) is 4.98 Å². The van der Waals surface area contributed by atoms with Gasteiger partial charge in [-0.15, -0.1) is 12.4 Å². The van der Waals surface area contributed by atoms with Gasteiger partial charge < -0.3 is 5.11 Å². The number of rotatable bonds is 2. The van der Waals surface area contributed by atoms with Gasteiger partial charge in [0.05, 0.1) is 5.56 Å². The highest BCUT2D eigenvalue weighted by Crippen LogP contribution is 2.21. The molecule has 1 N–H and O–H groups in total. The van der Waals surface area contributed by atoms with E-state index in [0.717, 1.165) is 11.6 Å². The van der Waals surface area contributed by atoms with Crippen LogP contribution >= 0.6 is 12.4 Å². The van der Waals surface area contributed by atoms with Crippen LogP contribution in [0.15, 0.2) is 42.7 Å². The molecule has 17 heavy (non-hydrogen) atoms. The van der Waals surface area contributed by atoms with Crippen molar-refractivity contribution < 1.29 is 14.3 Å². The number of hydrogen-bond donors (Lipinski definition) is 1. The molecule has 0 saturated heterocycles.